The molecule has 1 aliphatic heterocycles. The molecule has 0 aliphatic carbocycles. The predicted octanol–water partition coefficient (Wildman–Crippen LogP) is 1.17. The predicted molar refractivity (Wildman–Crippen MR) is 78.3 cm³/mol. The molecule has 0 aromatic carbocycles. The first kappa shape index (κ1) is 12.9. The summed E-state index contributed by atoms with van der Waals surface area (Å²) in [5.74, 6) is 0.0691. The molecule has 2 aromatic rings. The zero-order valence-electron chi connectivity index (χ0n) is 11.3. The van der Waals surface area contributed by atoms with Crippen molar-refractivity contribution in [3.05, 3.63) is 42.4 Å². The van der Waals surface area contributed by atoms with Crippen molar-refractivity contribution in [3.8, 4) is 0 Å². The first-order valence-corrected chi connectivity index (χ1v) is 6.94. The lowest BCUT2D eigenvalue weighted by atomic mass is 10.3. The van der Waals surface area contributed by atoms with Gasteiger partial charge in [-0.1, -0.05) is 6.07 Å². The Hall–Kier alpha value is -2.14. The van der Waals surface area contributed by atoms with Gasteiger partial charge in [0.1, 0.15) is 5.65 Å². The molecule has 20 heavy (non-hydrogen) atoms. The van der Waals surface area contributed by atoms with Gasteiger partial charge >= 0.3 is 0 Å². The third-order valence-corrected chi connectivity index (χ3v) is 3.49. The summed E-state index contributed by atoms with van der Waals surface area (Å²) in [5, 5.41) is 3.29. The summed E-state index contributed by atoms with van der Waals surface area (Å²) >= 11 is 0. The number of hydrogen-bond donors (Lipinski definition) is 1. The number of nitrogens with zero attached hydrogens (tertiary/aromatic N) is 3. The molecule has 2 aromatic heterocycles. The summed E-state index contributed by atoms with van der Waals surface area (Å²) in [6.45, 7) is 3.45. The van der Waals surface area contributed by atoms with E-state index < -0.39 is 0 Å². The molecule has 5 heteroatoms. The fourth-order valence-corrected chi connectivity index (χ4v) is 2.40. The van der Waals surface area contributed by atoms with Crippen LogP contribution in [-0.2, 0) is 4.79 Å². The number of nitrogens with one attached hydrogen (secondary N) is 1. The number of amides is 1. The zero-order valence-corrected chi connectivity index (χ0v) is 11.3. The maximum Gasteiger partial charge on any atom is 0.246 e. The molecule has 0 atom stereocenters. The number of imidazole rings is 1. The Morgan fingerprint density at radius 3 is 3.20 bits per heavy atom. The van der Waals surface area contributed by atoms with Gasteiger partial charge in [-0.05, 0) is 31.2 Å². The van der Waals surface area contributed by atoms with Crippen LogP contribution >= 0.6 is 0 Å². The minimum absolute atomic E-state index is 0.0691. The summed E-state index contributed by atoms with van der Waals surface area (Å²) in [6.07, 6.45) is 8.21. The highest BCUT2D eigenvalue weighted by atomic mass is 16.2. The van der Waals surface area contributed by atoms with E-state index in [0.29, 0.717) is 0 Å². The summed E-state index contributed by atoms with van der Waals surface area (Å²) in [4.78, 5) is 18.4. The summed E-state index contributed by atoms with van der Waals surface area (Å²) in [6, 6.07) is 5.85. The van der Waals surface area contributed by atoms with Crippen molar-refractivity contribution in [2.75, 3.05) is 26.2 Å². The molecule has 1 saturated heterocycles. The molecule has 5 nitrogen and oxygen atoms in total. The summed E-state index contributed by atoms with van der Waals surface area (Å²) in [5.41, 5.74) is 1.81. The molecule has 3 rings (SSSR count). The Morgan fingerprint density at radius 1 is 1.30 bits per heavy atom. The van der Waals surface area contributed by atoms with E-state index in [1.54, 1.807) is 12.3 Å². The fourth-order valence-electron chi connectivity index (χ4n) is 2.40. The van der Waals surface area contributed by atoms with Crippen molar-refractivity contribution < 1.29 is 4.79 Å². The number of carbonyl (C=O) groups excluding carboxylic acids is 1. The second-order valence-corrected chi connectivity index (χ2v) is 4.87. The number of carbonyl (C=O) groups is 1. The fraction of sp³-hybridized carbons (Fsp3) is 0.333. The van der Waals surface area contributed by atoms with Crippen molar-refractivity contribution in [1.82, 2.24) is 19.6 Å². The van der Waals surface area contributed by atoms with E-state index in [4.69, 9.17) is 0 Å². The van der Waals surface area contributed by atoms with Crippen molar-refractivity contribution in [1.29, 1.82) is 0 Å². The largest absolute Gasteiger partial charge is 0.338 e. The second kappa shape index (κ2) is 5.88. The van der Waals surface area contributed by atoms with Gasteiger partial charge in [-0.2, -0.15) is 0 Å². The standard InChI is InChI=1S/C15H18N4O/c20-15(18-9-3-7-16-8-11-18)6-5-13-12-17-14-4-1-2-10-19(13)14/h1-2,4-6,10,12,16H,3,7-9,11H2/b6-5+. The third-order valence-electron chi connectivity index (χ3n) is 3.49. The van der Waals surface area contributed by atoms with Crippen LogP contribution in [0, 0.1) is 0 Å². The number of aromatic nitrogens is 2. The van der Waals surface area contributed by atoms with Crippen LogP contribution in [0.4, 0.5) is 0 Å². The van der Waals surface area contributed by atoms with E-state index in [1.807, 2.05) is 39.8 Å². The molecule has 104 valence electrons. The molecule has 0 unspecified atom stereocenters. The normalized spacial score (nSPS) is 16.7. The van der Waals surface area contributed by atoms with E-state index in [1.165, 1.54) is 0 Å². The molecule has 0 radical (unpaired) electrons. The van der Waals surface area contributed by atoms with Crippen LogP contribution in [0.15, 0.2) is 36.7 Å². The lowest BCUT2D eigenvalue weighted by molar-refractivity contribution is -0.125. The molecular weight excluding hydrogens is 252 g/mol. The third kappa shape index (κ3) is 2.72. The average Bonchev–Trinajstić information content (AvgIpc) is 2.70. The molecule has 1 fully saturated rings. The molecular formula is C15H18N4O. The SMILES string of the molecule is O=C(/C=C/c1cnc2ccccn12)N1CCCNCC1. The quantitative estimate of drug-likeness (QED) is 0.833. The van der Waals surface area contributed by atoms with Crippen LogP contribution in [0.3, 0.4) is 0 Å². The Morgan fingerprint density at radius 2 is 2.25 bits per heavy atom. The monoisotopic (exact) mass is 270 g/mol. The number of pyridine rings is 1. The van der Waals surface area contributed by atoms with E-state index >= 15 is 0 Å². The van der Waals surface area contributed by atoms with Gasteiger partial charge in [0.15, 0.2) is 0 Å². The number of hydrogen-bond acceptors (Lipinski definition) is 3. The van der Waals surface area contributed by atoms with Crippen LogP contribution < -0.4 is 5.32 Å². The average molecular weight is 270 g/mol. The first-order valence-electron chi connectivity index (χ1n) is 6.94. The van der Waals surface area contributed by atoms with Crippen molar-refractivity contribution in [2.45, 2.75) is 6.42 Å². The maximum absolute atomic E-state index is 12.2. The van der Waals surface area contributed by atoms with Crippen LogP contribution in [-0.4, -0.2) is 46.4 Å². The highest BCUT2D eigenvalue weighted by Crippen LogP contribution is 2.08. The van der Waals surface area contributed by atoms with Gasteiger partial charge < -0.3 is 14.6 Å². The van der Waals surface area contributed by atoms with Crippen molar-refractivity contribution in [2.24, 2.45) is 0 Å². The topological polar surface area (TPSA) is 49.6 Å². The molecule has 0 spiro atoms. The van der Waals surface area contributed by atoms with E-state index in [-0.39, 0.29) is 5.91 Å². The first-order chi connectivity index (χ1) is 9.84. The minimum atomic E-state index is 0.0691. The molecule has 0 saturated carbocycles. The number of fused-ring (bicyclic) bond motifs is 1. The van der Waals surface area contributed by atoms with E-state index in [0.717, 1.165) is 43.9 Å². The molecule has 1 amide bonds. The van der Waals surface area contributed by atoms with Crippen molar-refractivity contribution >= 4 is 17.6 Å². The van der Waals surface area contributed by atoms with Crippen LogP contribution in [0.2, 0.25) is 0 Å². The second-order valence-electron chi connectivity index (χ2n) is 4.87. The van der Waals surface area contributed by atoms with Crippen LogP contribution in [0.5, 0.6) is 0 Å². The molecule has 3 heterocycles. The summed E-state index contributed by atoms with van der Waals surface area (Å²) in [7, 11) is 0. The van der Waals surface area contributed by atoms with Gasteiger partial charge in [-0.15, -0.1) is 0 Å². The highest BCUT2D eigenvalue weighted by molar-refractivity contribution is 5.91. The maximum atomic E-state index is 12.2. The van der Waals surface area contributed by atoms with Gasteiger partial charge in [-0.3, -0.25) is 4.79 Å². The number of rotatable bonds is 2. The van der Waals surface area contributed by atoms with Crippen LogP contribution in [0.25, 0.3) is 11.7 Å². The van der Waals surface area contributed by atoms with E-state index in [2.05, 4.69) is 10.3 Å². The minimum Gasteiger partial charge on any atom is -0.338 e. The lowest BCUT2D eigenvalue weighted by Gasteiger charge is -2.17. The van der Waals surface area contributed by atoms with Gasteiger partial charge in [0.05, 0.1) is 11.9 Å². The molecule has 0 bridgehead atoms. The Labute approximate surface area is 117 Å². The molecule has 1 aliphatic rings. The Bertz CT molecular complexity index is 624. The summed E-state index contributed by atoms with van der Waals surface area (Å²) < 4.78 is 1.97. The van der Waals surface area contributed by atoms with Gasteiger partial charge in [-0.25, -0.2) is 4.98 Å². The van der Waals surface area contributed by atoms with E-state index in [9.17, 15) is 4.79 Å². The lowest BCUT2D eigenvalue weighted by Crippen LogP contribution is -2.32. The highest BCUT2D eigenvalue weighted by Gasteiger charge is 2.12. The zero-order chi connectivity index (χ0) is 13.8. The molecule has 1 N–H and O–H groups in total. The van der Waals surface area contributed by atoms with Gasteiger partial charge in [0.25, 0.3) is 0 Å². The Balaban J connectivity index is 1.74. The van der Waals surface area contributed by atoms with Gasteiger partial charge in [0.2, 0.25) is 5.91 Å². The Kier molecular flexibility index (Phi) is 3.78. The smallest absolute Gasteiger partial charge is 0.246 e. The van der Waals surface area contributed by atoms with Crippen molar-refractivity contribution in [3.63, 3.8) is 0 Å². The van der Waals surface area contributed by atoms with Crippen LogP contribution in [0.1, 0.15) is 12.1 Å². The van der Waals surface area contributed by atoms with Gasteiger partial charge in [0, 0.05) is 31.9 Å².